The molecule has 19 nitrogen and oxygen atoms in total. The van der Waals surface area contributed by atoms with Crippen LogP contribution in [0.2, 0.25) is 0 Å². The third-order valence-electron chi connectivity index (χ3n) is 19.6. The Morgan fingerprint density at radius 2 is 1.14 bits per heavy atom. The summed E-state index contributed by atoms with van der Waals surface area (Å²) >= 11 is 0. The number of carbonyl (C=O) groups is 2. The van der Waals surface area contributed by atoms with Crippen LogP contribution in [-0.2, 0) is 71.2 Å². The van der Waals surface area contributed by atoms with Crippen molar-refractivity contribution in [2.45, 2.75) is 247 Å². The van der Waals surface area contributed by atoms with Gasteiger partial charge < -0.3 is 82.0 Å². The molecule has 3 saturated carbocycles. The summed E-state index contributed by atoms with van der Waals surface area (Å²) < 4.78 is 81.6. The van der Waals surface area contributed by atoms with Gasteiger partial charge in [0.25, 0.3) is 0 Å². The summed E-state index contributed by atoms with van der Waals surface area (Å²) in [4.78, 5) is 27.0. The second-order valence-electron chi connectivity index (χ2n) is 23.6. The zero-order valence-electron chi connectivity index (χ0n) is 46.8. The van der Waals surface area contributed by atoms with Crippen LogP contribution < -0.4 is 0 Å². The highest BCUT2D eigenvalue weighted by Crippen LogP contribution is 2.71. The van der Waals surface area contributed by atoms with Crippen LogP contribution >= 0.6 is 0 Å². The molecule has 9 rings (SSSR count). The molecule has 77 heavy (non-hydrogen) atoms. The van der Waals surface area contributed by atoms with Gasteiger partial charge in [-0.3, -0.25) is 4.79 Å². The van der Waals surface area contributed by atoms with Gasteiger partial charge in [0.05, 0.1) is 60.4 Å². The second-order valence-corrected chi connectivity index (χ2v) is 23.6. The molecule has 0 spiro atoms. The predicted octanol–water partition coefficient (Wildman–Crippen LogP) is 5.24. The lowest BCUT2D eigenvalue weighted by atomic mass is 9.42. The van der Waals surface area contributed by atoms with E-state index < -0.39 is 144 Å². The van der Waals surface area contributed by atoms with Gasteiger partial charge in [-0.05, 0) is 104 Å². The Morgan fingerprint density at radius 1 is 0.649 bits per heavy atom. The number of hydrogen-bond donors (Lipinski definition) is 4. The summed E-state index contributed by atoms with van der Waals surface area (Å²) in [5.74, 6) is -1.80. The van der Waals surface area contributed by atoms with Crippen molar-refractivity contribution in [3.63, 3.8) is 0 Å². The Bertz CT molecular complexity index is 2270. The van der Waals surface area contributed by atoms with Gasteiger partial charge in [-0.2, -0.15) is 0 Å². The van der Waals surface area contributed by atoms with E-state index in [2.05, 4.69) is 6.92 Å². The van der Waals surface area contributed by atoms with Gasteiger partial charge in [0, 0.05) is 66.1 Å². The lowest BCUT2D eigenvalue weighted by molar-refractivity contribution is -0.347. The first-order valence-electron chi connectivity index (χ1n) is 27.9. The number of aliphatic hydroxyl groups excluding tert-OH is 1. The number of esters is 1. The molecule has 0 radical (unpaired) electrons. The molecule has 1 aromatic carbocycles. The van der Waals surface area contributed by atoms with Crippen LogP contribution in [0, 0.1) is 16.7 Å². The van der Waals surface area contributed by atoms with Crippen LogP contribution in [0.5, 0.6) is 0 Å². The van der Waals surface area contributed by atoms with E-state index >= 15 is 0 Å². The van der Waals surface area contributed by atoms with Crippen LogP contribution in [-0.4, -0.2) is 188 Å². The number of ether oxygens (including phenoxy) is 13. The Morgan fingerprint density at radius 3 is 1.65 bits per heavy atom. The molecule has 4 heterocycles. The maximum Gasteiger partial charge on any atom is 0.331 e. The minimum absolute atomic E-state index is 0.0493. The number of fused-ring (bicyclic) bond motifs is 5. The molecule has 1 aromatic rings. The minimum Gasteiger partial charge on any atom is -0.458 e. The van der Waals surface area contributed by atoms with Crippen molar-refractivity contribution in [3.8, 4) is 0 Å². The van der Waals surface area contributed by atoms with Crippen LogP contribution in [0.15, 0.2) is 48.1 Å². The van der Waals surface area contributed by atoms with Crippen molar-refractivity contribution in [2.75, 3.05) is 28.4 Å². The average Bonchev–Trinajstić information content (AvgIpc) is 3.95. The first-order chi connectivity index (χ1) is 36.6. The molecule has 8 aliphatic rings. The first kappa shape index (κ1) is 58.8. The van der Waals surface area contributed by atoms with E-state index in [-0.39, 0.29) is 37.9 Å². The monoisotopic (exact) mass is 1090 g/mol. The van der Waals surface area contributed by atoms with Crippen LogP contribution in [0.3, 0.4) is 0 Å². The second kappa shape index (κ2) is 23.2. The fraction of sp³-hybridized carbons (Fsp3) is 0.793. The van der Waals surface area contributed by atoms with E-state index in [0.717, 1.165) is 11.1 Å². The number of rotatable bonds is 16. The van der Waals surface area contributed by atoms with E-state index in [1.54, 1.807) is 48.4 Å². The zero-order chi connectivity index (χ0) is 55.4. The normalized spacial score (nSPS) is 48.1. The Labute approximate surface area is 453 Å². The van der Waals surface area contributed by atoms with Gasteiger partial charge in [-0.1, -0.05) is 48.9 Å². The SMILES string of the molecule is CO[C@@H]1C[C@H](O[C@@H]2[C@@H](C)O[C@@H](O[C@@H]3[C@@H](C)O[C@@H](O[C@@H]4[C@@H](C)O[C@@H](O[C@@H]5CC[C@]6(C)C(=CC[C@@]7(O)[C@@H]6C[C@H](OC(=O)C=Cc6ccccc6)[C@]6(C)[C@]7(O)CC[C@@]6(O)C(C)=O)C5)C[C@H]4OC)C[C@H]3OC)C[C@H]2OC)O[C@H](C)[C@H]1O. The van der Waals surface area contributed by atoms with Crippen molar-refractivity contribution >= 4 is 17.8 Å². The summed E-state index contributed by atoms with van der Waals surface area (Å²) in [6.45, 7) is 12.5. The quantitative estimate of drug-likeness (QED) is 0.0942. The van der Waals surface area contributed by atoms with Crippen LogP contribution in [0.4, 0.5) is 0 Å². The van der Waals surface area contributed by atoms with Crippen molar-refractivity contribution in [3.05, 3.63) is 53.6 Å². The number of carbonyl (C=O) groups excluding carboxylic acids is 2. The van der Waals surface area contributed by atoms with Crippen LogP contribution in [0.1, 0.15) is 125 Å². The fourth-order valence-electron chi connectivity index (χ4n) is 15.0. The van der Waals surface area contributed by atoms with Gasteiger partial charge in [-0.25, -0.2) is 4.79 Å². The summed E-state index contributed by atoms with van der Waals surface area (Å²) in [6, 6.07) is 9.30. The Balaban J connectivity index is 0.809. The molecule has 0 amide bonds. The third-order valence-corrected chi connectivity index (χ3v) is 19.6. The number of hydrogen-bond acceptors (Lipinski definition) is 19. The topological polar surface area (TPSA) is 235 Å². The average molecular weight is 1090 g/mol. The lowest BCUT2D eigenvalue weighted by Crippen LogP contribution is -2.78. The molecule has 4 aliphatic carbocycles. The summed E-state index contributed by atoms with van der Waals surface area (Å²) in [5, 5.41) is 48.6. The van der Waals surface area contributed by atoms with Crippen LogP contribution in [0.25, 0.3) is 6.08 Å². The van der Waals surface area contributed by atoms with Crippen molar-refractivity contribution in [2.24, 2.45) is 16.7 Å². The summed E-state index contributed by atoms with van der Waals surface area (Å²) in [6.07, 6.45) is -1.19. The minimum atomic E-state index is -2.05. The van der Waals surface area contributed by atoms with E-state index in [1.165, 1.54) is 13.0 Å². The first-order valence-corrected chi connectivity index (χ1v) is 27.9. The van der Waals surface area contributed by atoms with E-state index in [9.17, 15) is 30.0 Å². The van der Waals surface area contributed by atoms with E-state index in [0.29, 0.717) is 44.9 Å². The van der Waals surface area contributed by atoms with Crippen molar-refractivity contribution in [1.29, 1.82) is 0 Å². The highest BCUT2D eigenvalue weighted by molar-refractivity contribution is 5.88. The van der Waals surface area contributed by atoms with Gasteiger partial charge in [0.1, 0.15) is 47.3 Å². The Kier molecular flexibility index (Phi) is 17.7. The molecule has 19 heteroatoms. The van der Waals surface area contributed by atoms with E-state index in [1.807, 2.05) is 57.2 Å². The summed E-state index contributed by atoms with van der Waals surface area (Å²) in [7, 11) is 6.48. The highest BCUT2D eigenvalue weighted by Gasteiger charge is 2.81. The van der Waals surface area contributed by atoms with Gasteiger partial charge >= 0.3 is 5.97 Å². The van der Waals surface area contributed by atoms with Crippen molar-refractivity contribution < 1.29 is 91.6 Å². The number of aliphatic hydroxyl groups is 4. The molecular weight excluding hydrogens is 1000 g/mol. The zero-order valence-corrected chi connectivity index (χ0v) is 46.8. The predicted molar refractivity (Wildman–Crippen MR) is 275 cm³/mol. The standard InChI is InChI=1S/C58H86O19/c1-31-50(61)39(65-8)26-47(69-31)75-52-33(3)71-49(28-41(52)67-10)77-53-34(4)72-48(29-42(53)68-11)76-51-32(2)70-46(27-40(51)66-9)73-38-20-21-54(6)37(25-38)19-22-57(63)43(54)30-44(74-45(60)18-17-36-15-13-12-14-16-36)55(7)56(62,35(5)59)23-24-58(55,57)64/h12-19,31-34,38-44,46-53,61-64H,20-30H2,1-11H3/t31-,32-,33-,34-,38-,39-,40-,41-,42-,43-,44+,46+,47+,48+,49+,50-,51-,52-,53-,54-,55+,56-,57-,58-/m1/s1. The maximum atomic E-state index is 13.6. The van der Waals surface area contributed by atoms with Gasteiger partial charge in [-0.15, -0.1) is 0 Å². The largest absolute Gasteiger partial charge is 0.458 e. The highest BCUT2D eigenvalue weighted by atomic mass is 16.8. The molecule has 432 valence electrons. The molecular formula is C58H86O19. The molecule has 7 fully saturated rings. The smallest absolute Gasteiger partial charge is 0.331 e. The number of benzene rings is 1. The summed E-state index contributed by atoms with van der Waals surface area (Å²) in [5.41, 5.74) is -6.24. The molecule has 0 bridgehead atoms. The lowest BCUT2D eigenvalue weighted by Gasteiger charge is -2.67. The molecule has 4 saturated heterocycles. The van der Waals surface area contributed by atoms with Gasteiger partial charge in [0.2, 0.25) is 0 Å². The molecule has 4 aliphatic heterocycles. The molecule has 0 unspecified atom stereocenters. The third kappa shape index (κ3) is 10.7. The molecule has 24 atom stereocenters. The van der Waals surface area contributed by atoms with E-state index in [4.69, 9.17) is 61.6 Å². The number of ketones is 1. The molecule has 0 aromatic heterocycles. The molecule has 4 N–H and O–H groups in total. The number of Topliss-reactive ketones (excluding diaryl/α,β-unsaturated/α-hetero) is 1. The fourth-order valence-corrected chi connectivity index (χ4v) is 15.0. The number of methoxy groups -OCH3 is 4. The van der Waals surface area contributed by atoms with Crippen molar-refractivity contribution in [1.82, 2.24) is 0 Å². The maximum absolute atomic E-state index is 13.6. The Hall–Kier alpha value is -2.80. The van der Waals surface area contributed by atoms with Gasteiger partial charge in [0.15, 0.2) is 30.9 Å².